The molecule has 138 valence electrons. The summed E-state index contributed by atoms with van der Waals surface area (Å²) in [5.74, 6) is -0.381. The van der Waals surface area contributed by atoms with Crippen LogP contribution in [0.4, 0.5) is 10.1 Å². The van der Waals surface area contributed by atoms with Crippen LogP contribution in [0.15, 0.2) is 48.5 Å². The summed E-state index contributed by atoms with van der Waals surface area (Å²) in [6.07, 6.45) is 0.749. The average Bonchev–Trinajstić information content (AvgIpc) is 2.60. The van der Waals surface area contributed by atoms with Gasteiger partial charge in [0, 0.05) is 32.6 Å². The number of rotatable bonds is 8. The Morgan fingerprint density at radius 2 is 1.92 bits per heavy atom. The van der Waals surface area contributed by atoms with Crippen LogP contribution < -0.4 is 10.1 Å². The number of para-hydroxylation sites is 1. The molecule has 2 aromatic rings. The number of benzene rings is 2. The molecule has 0 saturated heterocycles. The van der Waals surface area contributed by atoms with Gasteiger partial charge in [-0.3, -0.25) is 9.59 Å². The highest BCUT2D eigenvalue weighted by Gasteiger charge is 2.07. The van der Waals surface area contributed by atoms with E-state index in [0.717, 1.165) is 5.56 Å². The van der Waals surface area contributed by atoms with Gasteiger partial charge in [0.2, 0.25) is 11.8 Å². The quantitative estimate of drug-likeness (QED) is 0.734. The minimum absolute atomic E-state index is 0.0192. The van der Waals surface area contributed by atoms with Crippen LogP contribution in [0.5, 0.6) is 5.75 Å². The largest absolute Gasteiger partial charge is 0.491 e. The zero-order valence-corrected chi connectivity index (χ0v) is 15.0. The van der Waals surface area contributed by atoms with Gasteiger partial charge in [0.05, 0.1) is 6.61 Å². The molecule has 26 heavy (non-hydrogen) atoms. The Morgan fingerprint density at radius 3 is 2.65 bits per heavy atom. The lowest BCUT2D eigenvalue weighted by Gasteiger charge is -2.15. The molecule has 2 rings (SSSR count). The molecule has 0 aliphatic carbocycles. The fourth-order valence-electron chi connectivity index (χ4n) is 2.33. The van der Waals surface area contributed by atoms with Crippen molar-refractivity contribution in [2.24, 2.45) is 0 Å². The predicted molar refractivity (Wildman–Crippen MR) is 98.3 cm³/mol. The Labute approximate surface area is 152 Å². The number of carbonyl (C=O) groups excluding carboxylic acids is 2. The van der Waals surface area contributed by atoms with Crippen molar-refractivity contribution in [3.63, 3.8) is 0 Å². The van der Waals surface area contributed by atoms with Gasteiger partial charge in [0.1, 0.15) is 0 Å². The lowest BCUT2D eigenvalue weighted by Crippen LogP contribution is -2.23. The molecule has 5 nitrogen and oxygen atoms in total. The summed E-state index contributed by atoms with van der Waals surface area (Å²) < 4.78 is 18.7. The zero-order valence-electron chi connectivity index (χ0n) is 15.0. The fraction of sp³-hybridized carbons (Fsp3) is 0.300. The Balaban J connectivity index is 1.77. The first-order valence-electron chi connectivity index (χ1n) is 8.43. The molecule has 1 N–H and O–H groups in total. The Hall–Kier alpha value is -2.89. The smallest absolute Gasteiger partial charge is 0.224 e. The summed E-state index contributed by atoms with van der Waals surface area (Å²) in [5, 5.41) is 2.82. The van der Waals surface area contributed by atoms with Crippen LogP contribution in [0.25, 0.3) is 0 Å². The first-order valence-corrected chi connectivity index (χ1v) is 8.43. The monoisotopic (exact) mass is 358 g/mol. The van der Waals surface area contributed by atoms with Gasteiger partial charge in [0.25, 0.3) is 0 Å². The van der Waals surface area contributed by atoms with Gasteiger partial charge >= 0.3 is 0 Å². The summed E-state index contributed by atoms with van der Waals surface area (Å²) >= 11 is 0. The van der Waals surface area contributed by atoms with Crippen molar-refractivity contribution in [3.05, 3.63) is 59.9 Å². The third-order valence-corrected chi connectivity index (χ3v) is 3.81. The summed E-state index contributed by atoms with van der Waals surface area (Å²) in [7, 11) is 1.73. The maximum atomic E-state index is 13.4. The van der Waals surface area contributed by atoms with Crippen LogP contribution in [0.3, 0.4) is 0 Å². The maximum Gasteiger partial charge on any atom is 0.224 e. The van der Waals surface area contributed by atoms with Gasteiger partial charge in [-0.05, 0) is 36.2 Å². The van der Waals surface area contributed by atoms with Crippen molar-refractivity contribution < 1.29 is 18.7 Å². The van der Waals surface area contributed by atoms with E-state index in [2.05, 4.69) is 5.32 Å². The number of nitrogens with zero attached hydrogens (tertiary/aromatic N) is 1. The highest BCUT2D eigenvalue weighted by Crippen LogP contribution is 2.16. The van der Waals surface area contributed by atoms with Gasteiger partial charge in [-0.25, -0.2) is 4.39 Å². The number of ether oxygens (including phenoxy) is 1. The number of nitrogens with one attached hydrogen (secondary N) is 1. The Kier molecular flexibility index (Phi) is 7.14. The number of amides is 2. The van der Waals surface area contributed by atoms with Crippen LogP contribution in [-0.4, -0.2) is 30.4 Å². The predicted octanol–water partition coefficient (Wildman–Crippen LogP) is 3.60. The summed E-state index contributed by atoms with van der Waals surface area (Å²) in [6.45, 7) is 2.25. The van der Waals surface area contributed by atoms with Gasteiger partial charge in [0.15, 0.2) is 11.6 Å². The van der Waals surface area contributed by atoms with Crippen LogP contribution in [0.1, 0.15) is 25.3 Å². The lowest BCUT2D eigenvalue weighted by molar-refractivity contribution is -0.128. The molecule has 0 aliphatic rings. The molecular formula is C20H23FN2O3. The fourth-order valence-corrected chi connectivity index (χ4v) is 2.33. The maximum absolute atomic E-state index is 13.4. The average molecular weight is 358 g/mol. The first kappa shape index (κ1) is 19.4. The van der Waals surface area contributed by atoms with E-state index in [-0.39, 0.29) is 30.6 Å². The van der Waals surface area contributed by atoms with Crippen LogP contribution >= 0.6 is 0 Å². The van der Waals surface area contributed by atoms with E-state index in [1.807, 2.05) is 18.2 Å². The lowest BCUT2D eigenvalue weighted by atomic mass is 10.2. The third-order valence-electron chi connectivity index (χ3n) is 3.81. The van der Waals surface area contributed by atoms with Gasteiger partial charge < -0.3 is 15.0 Å². The topological polar surface area (TPSA) is 58.6 Å². The molecular weight excluding hydrogens is 335 g/mol. The summed E-state index contributed by atoms with van der Waals surface area (Å²) in [6, 6.07) is 13.5. The second-order valence-electron chi connectivity index (χ2n) is 6.01. The van der Waals surface area contributed by atoms with Crippen LogP contribution in [0.2, 0.25) is 0 Å². The van der Waals surface area contributed by atoms with E-state index < -0.39 is 5.82 Å². The minimum Gasteiger partial charge on any atom is -0.491 e. The van der Waals surface area contributed by atoms with Crippen LogP contribution in [0, 0.1) is 5.82 Å². The molecule has 0 unspecified atom stereocenters. The zero-order chi connectivity index (χ0) is 18.9. The normalized spacial score (nSPS) is 10.3. The molecule has 0 radical (unpaired) electrons. The Bertz CT molecular complexity index is 764. The highest BCUT2D eigenvalue weighted by atomic mass is 19.1. The van der Waals surface area contributed by atoms with Crippen molar-refractivity contribution in [2.45, 2.75) is 26.3 Å². The van der Waals surface area contributed by atoms with E-state index in [1.54, 1.807) is 36.2 Å². The molecule has 0 fully saturated rings. The first-order chi connectivity index (χ1) is 12.5. The molecule has 2 aromatic carbocycles. The number of carbonyl (C=O) groups is 2. The van der Waals surface area contributed by atoms with Crippen molar-refractivity contribution in [1.29, 1.82) is 0 Å². The molecule has 0 bridgehead atoms. The standard InChI is InChI=1S/C20H23FN2O3/c1-15(24)23(2)14-16-7-5-8-17(13-16)22-20(25)11-6-12-26-19-10-4-3-9-18(19)21/h3-5,7-10,13H,6,11-12,14H2,1-2H3,(H,22,25). The SMILES string of the molecule is CC(=O)N(C)Cc1cccc(NC(=O)CCCOc2ccccc2F)c1. The summed E-state index contributed by atoms with van der Waals surface area (Å²) in [4.78, 5) is 24.9. The molecule has 0 spiro atoms. The van der Waals surface area contributed by atoms with Gasteiger partial charge in [-0.15, -0.1) is 0 Å². The molecule has 0 heterocycles. The van der Waals surface area contributed by atoms with Crippen molar-refractivity contribution in [3.8, 4) is 5.75 Å². The van der Waals surface area contributed by atoms with Crippen molar-refractivity contribution in [1.82, 2.24) is 4.90 Å². The number of halogens is 1. The number of anilines is 1. The van der Waals surface area contributed by atoms with E-state index in [1.165, 1.54) is 13.0 Å². The molecule has 0 aliphatic heterocycles. The highest BCUT2D eigenvalue weighted by molar-refractivity contribution is 5.90. The van der Waals surface area contributed by atoms with E-state index >= 15 is 0 Å². The third kappa shape index (κ3) is 6.20. The molecule has 2 amide bonds. The molecule has 0 aromatic heterocycles. The van der Waals surface area contributed by atoms with E-state index in [0.29, 0.717) is 18.7 Å². The van der Waals surface area contributed by atoms with E-state index in [4.69, 9.17) is 4.74 Å². The van der Waals surface area contributed by atoms with Crippen LogP contribution in [-0.2, 0) is 16.1 Å². The van der Waals surface area contributed by atoms with Gasteiger partial charge in [-0.2, -0.15) is 0 Å². The van der Waals surface area contributed by atoms with Crippen molar-refractivity contribution in [2.75, 3.05) is 19.0 Å². The van der Waals surface area contributed by atoms with Crippen molar-refractivity contribution >= 4 is 17.5 Å². The molecule has 0 atom stereocenters. The Morgan fingerprint density at radius 1 is 1.15 bits per heavy atom. The number of hydrogen-bond acceptors (Lipinski definition) is 3. The minimum atomic E-state index is -0.413. The van der Waals surface area contributed by atoms with Gasteiger partial charge in [-0.1, -0.05) is 24.3 Å². The second kappa shape index (κ2) is 9.56. The molecule has 0 saturated carbocycles. The molecule has 6 heteroatoms. The summed E-state index contributed by atoms with van der Waals surface area (Å²) in [5.41, 5.74) is 1.61. The number of hydrogen-bond donors (Lipinski definition) is 1. The second-order valence-corrected chi connectivity index (χ2v) is 6.01. The van der Waals surface area contributed by atoms with E-state index in [9.17, 15) is 14.0 Å².